The highest BCUT2D eigenvalue weighted by Crippen LogP contribution is 2.53. The van der Waals surface area contributed by atoms with Crippen molar-refractivity contribution in [2.45, 2.75) is 62.0 Å². The van der Waals surface area contributed by atoms with Gasteiger partial charge < -0.3 is 34.4 Å². The molecule has 1 spiro atoms. The van der Waals surface area contributed by atoms with Crippen molar-refractivity contribution in [1.29, 1.82) is 0 Å². The summed E-state index contributed by atoms with van der Waals surface area (Å²) < 4.78 is 18.6. The number of fused-ring (bicyclic) bond motifs is 2. The number of halogens is 1. The third-order valence-electron chi connectivity index (χ3n) is 9.75. The lowest BCUT2D eigenvalue weighted by Gasteiger charge is -2.35. The summed E-state index contributed by atoms with van der Waals surface area (Å²) in [5, 5.41) is 12.9. The number of allylic oxidation sites excluding steroid dienone is 1. The van der Waals surface area contributed by atoms with Crippen LogP contribution in [0.2, 0.25) is 5.02 Å². The van der Waals surface area contributed by atoms with E-state index in [1.54, 1.807) is 52.3 Å². The van der Waals surface area contributed by atoms with E-state index in [1.807, 2.05) is 36.4 Å². The molecule has 2 saturated heterocycles. The fourth-order valence-corrected chi connectivity index (χ4v) is 7.68. The number of esters is 1. The van der Waals surface area contributed by atoms with Crippen LogP contribution in [0.4, 0.5) is 5.69 Å². The quantitative estimate of drug-likeness (QED) is 0.231. The molecule has 0 saturated carbocycles. The molecule has 6 rings (SSSR count). The Labute approximate surface area is 290 Å². The number of benzene rings is 2. The third-order valence-corrected chi connectivity index (χ3v) is 10.0. The molecule has 2 fully saturated rings. The van der Waals surface area contributed by atoms with E-state index >= 15 is 0 Å². The number of carbonyl (C=O) groups is 4. The number of carbonyl (C=O) groups excluding carboxylic acids is 4. The molecule has 4 aliphatic heterocycles. The van der Waals surface area contributed by atoms with Gasteiger partial charge in [-0.25, -0.2) is 0 Å². The van der Waals surface area contributed by atoms with Crippen LogP contribution in [0.15, 0.2) is 78.9 Å². The minimum atomic E-state index is -1.46. The SMILES string of the molecule is COC[C@H]1NC(=O)CC/C=C\[C@H]2O[C@]34C=CCN(c5ccc(Cl)cc5)C(=O)[C@H]3N(CCCCCO)C(=O)[C@@H]4[C@H]2C(=O)O[C@@H]1c1ccccc1. The summed E-state index contributed by atoms with van der Waals surface area (Å²) in [7, 11) is 1.51. The molecule has 3 amide bonds. The van der Waals surface area contributed by atoms with Gasteiger partial charge in [0.25, 0.3) is 5.91 Å². The van der Waals surface area contributed by atoms with E-state index < -0.39 is 47.7 Å². The second kappa shape index (κ2) is 15.2. The Kier molecular flexibility index (Phi) is 10.8. The number of nitrogens with one attached hydrogen (secondary N) is 1. The molecule has 2 aromatic carbocycles. The minimum Gasteiger partial charge on any atom is -0.455 e. The predicted molar refractivity (Wildman–Crippen MR) is 181 cm³/mol. The van der Waals surface area contributed by atoms with Gasteiger partial charge in [-0.2, -0.15) is 0 Å². The summed E-state index contributed by atoms with van der Waals surface area (Å²) in [6.07, 6.45) is 7.57. The van der Waals surface area contributed by atoms with Gasteiger partial charge in [0, 0.05) is 43.9 Å². The van der Waals surface area contributed by atoms with Crippen LogP contribution in [0, 0.1) is 11.8 Å². The highest BCUT2D eigenvalue weighted by atomic mass is 35.5. The molecule has 0 bridgehead atoms. The Morgan fingerprint density at radius 1 is 1.00 bits per heavy atom. The van der Waals surface area contributed by atoms with Crippen molar-refractivity contribution in [1.82, 2.24) is 10.2 Å². The fourth-order valence-electron chi connectivity index (χ4n) is 7.55. The predicted octanol–water partition coefficient (Wildman–Crippen LogP) is 3.75. The normalized spacial score (nSPS) is 30.8. The van der Waals surface area contributed by atoms with Crippen molar-refractivity contribution in [3.63, 3.8) is 0 Å². The number of nitrogens with zero attached hydrogens (tertiary/aromatic N) is 2. The number of ether oxygens (including phenoxy) is 3. The summed E-state index contributed by atoms with van der Waals surface area (Å²) in [5.74, 6) is -3.74. The number of rotatable bonds is 9. The van der Waals surface area contributed by atoms with E-state index in [9.17, 15) is 24.3 Å². The first-order valence-corrected chi connectivity index (χ1v) is 17.2. The van der Waals surface area contributed by atoms with Crippen LogP contribution in [0.5, 0.6) is 0 Å². The Bertz CT molecular complexity index is 1580. The molecular formula is C37H42ClN3O8. The first-order valence-electron chi connectivity index (χ1n) is 16.8. The van der Waals surface area contributed by atoms with Crippen LogP contribution in [-0.2, 0) is 33.4 Å². The van der Waals surface area contributed by atoms with Crippen molar-refractivity contribution in [2.24, 2.45) is 11.8 Å². The second-order valence-electron chi connectivity index (χ2n) is 12.8. The lowest BCUT2D eigenvalue weighted by molar-refractivity contribution is -0.162. The van der Waals surface area contributed by atoms with Gasteiger partial charge in [0.2, 0.25) is 11.8 Å². The standard InChI is InChI=1S/C37H42ClN3O8/c1-47-23-27-32(24-11-4-2-5-12-24)48-36(46)30-28(13-6-7-14-29(43)39-27)49-37-19-10-21-40(26-17-15-25(38)16-18-26)35(45)33(37)41(34(44)31(30)37)20-8-3-9-22-42/h2,4-6,10-13,15-19,27-28,30-33,42H,3,7-9,14,20-23H2,1H3,(H,39,43)/b13-6-/t27-,28-,30+,31+,32-,33-,37+/m1/s1. The molecule has 2 aromatic rings. The minimum absolute atomic E-state index is 0.0219. The molecule has 0 unspecified atom stereocenters. The largest absolute Gasteiger partial charge is 0.455 e. The van der Waals surface area contributed by atoms with Crippen molar-refractivity contribution in [2.75, 3.05) is 38.3 Å². The van der Waals surface area contributed by atoms with Gasteiger partial charge in [-0.05, 0) is 55.5 Å². The maximum atomic E-state index is 14.7. The molecule has 7 atom stereocenters. The number of hydrogen-bond acceptors (Lipinski definition) is 8. The van der Waals surface area contributed by atoms with Crippen molar-refractivity contribution >= 4 is 41.0 Å². The van der Waals surface area contributed by atoms with Gasteiger partial charge in [-0.15, -0.1) is 0 Å². The van der Waals surface area contributed by atoms with E-state index in [0.29, 0.717) is 42.0 Å². The Morgan fingerprint density at radius 3 is 2.51 bits per heavy atom. The van der Waals surface area contributed by atoms with E-state index in [4.69, 9.17) is 25.8 Å². The number of likely N-dealkylation sites (tertiary alicyclic amines) is 1. The Morgan fingerprint density at radius 2 is 1.78 bits per heavy atom. The van der Waals surface area contributed by atoms with Gasteiger partial charge in [-0.1, -0.05) is 66.2 Å². The summed E-state index contributed by atoms with van der Waals surface area (Å²) in [5.41, 5.74) is -0.198. The van der Waals surface area contributed by atoms with Gasteiger partial charge in [0.05, 0.1) is 24.7 Å². The number of unbranched alkanes of at least 4 members (excludes halogenated alkanes) is 2. The van der Waals surface area contributed by atoms with E-state index in [-0.39, 0.29) is 50.4 Å². The molecule has 0 radical (unpaired) electrons. The zero-order valence-electron chi connectivity index (χ0n) is 27.4. The number of methoxy groups -OCH3 is 1. The molecule has 260 valence electrons. The van der Waals surface area contributed by atoms with Crippen LogP contribution in [0.3, 0.4) is 0 Å². The first-order chi connectivity index (χ1) is 23.8. The number of aliphatic hydroxyl groups excluding tert-OH is 1. The zero-order valence-corrected chi connectivity index (χ0v) is 28.2. The summed E-state index contributed by atoms with van der Waals surface area (Å²) in [6, 6.07) is 14.2. The third kappa shape index (κ3) is 6.90. The molecule has 4 aliphatic rings. The van der Waals surface area contributed by atoms with Crippen molar-refractivity contribution < 1.29 is 38.5 Å². The number of anilines is 1. The molecule has 0 aliphatic carbocycles. The number of cyclic esters (lactones) is 1. The van der Waals surface area contributed by atoms with Crippen molar-refractivity contribution in [3.8, 4) is 0 Å². The molecule has 12 heteroatoms. The topological polar surface area (TPSA) is 135 Å². The molecule has 49 heavy (non-hydrogen) atoms. The van der Waals surface area contributed by atoms with Crippen LogP contribution >= 0.6 is 11.6 Å². The number of amides is 3. The highest BCUT2D eigenvalue weighted by molar-refractivity contribution is 6.30. The monoisotopic (exact) mass is 691 g/mol. The average molecular weight is 692 g/mol. The summed E-state index contributed by atoms with van der Waals surface area (Å²) in [6.45, 7) is 0.566. The molecule has 4 heterocycles. The molecule has 2 N–H and O–H groups in total. The zero-order chi connectivity index (χ0) is 34.5. The van der Waals surface area contributed by atoms with E-state index in [2.05, 4.69) is 5.32 Å². The van der Waals surface area contributed by atoms with Gasteiger partial charge in [0.1, 0.15) is 23.7 Å². The smallest absolute Gasteiger partial charge is 0.313 e. The summed E-state index contributed by atoms with van der Waals surface area (Å²) >= 11 is 6.16. The molecular weight excluding hydrogens is 650 g/mol. The number of hydrogen-bond donors (Lipinski definition) is 2. The van der Waals surface area contributed by atoms with Crippen LogP contribution in [-0.4, -0.2) is 90.9 Å². The first kappa shape index (κ1) is 34.8. The lowest BCUT2D eigenvalue weighted by atomic mass is 9.77. The van der Waals surface area contributed by atoms with E-state index in [1.165, 1.54) is 7.11 Å². The molecule has 11 nitrogen and oxygen atoms in total. The van der Waals surface area contributed by atoms with Gasteiger partial charge in [-0.3, -0.25) is 19.2 Å². The Hall–Kier alpha value is -4.03. The van der Waals surface area contributed by atoms with Crippen LogP contribution in [0.1, 0.15) is 43.8 Å². The molecule has 0 aromatic heterocycles. The maximum Gasteiger partial charge on any atom is 0.313 e. The fraction of sp³-hybridized carbons (Fsp3) is 0.459. The average Bonchev–Trinajstić information content (AvgIpc) is 3.48. The highest BCUT2D eigenvalue weighted by Gasteiger charge is 2.71. The Balaban J connectivity index is 1.42. The second-order valence-corrected chi connectivity index (χ2v) is 13.3. The van der Waals surface area contributed by atoms with Crippen LogP contribution in [0.25, 0.3) is 0 Å². The van der Waals surface area contributed by atoms with Crippen LogP contribution < -0.4 is 10.2 Å². The lowest BCUT2D eigenvalue weighted by Crippen LogP contribution is -2.55. The van der Waals surface area contributed by atoms with Crippen molar-refractivity contribution in [3.05, 3.63) is 89.5 Å². The van der Waals surface area contributed by atoms with E-state index in [0.717, 1.165) is 0 Å². The summed E-state index contributed by atoms with van der Waals surface area (Å²) in [4.78, 5) is 60.0. The van der Waals surface area contributed by atoms with Gasteiger partial charge >= 0.3 is 5.97 Å². The van der Waals surface area contributed by atoms with Gasteiger partial charge in [0.15, 0.2) is 0 Å². The maximum absolute atomic E-state index is 14.7. The number of aliphatic hydroxyl groups is 1.